The Morgan fingerprint density at radius 3 is 2.56 bits per heavy atom. The minimum absolute atomic E-state index is 0. The van der Waals surface area contributed by atoms with Crippen LogP contribution in [0.15, 0.2) is 24.3 Å². The molecular formula is C20H32ClFN2O. The molecular weight excluding hydrogens is 339 g/mol. The van der Waals surface area contributed by atoms with Gasteiger partial charge < -0.3 is 10.6 Å². The van der Waals surface area contributed by atoms with Crippen molar-refractivity contribution in [2.45, 2.75) is 70.3 Å². The molecule has 142 valence electrons. The summed E-state index contributed by atoms with van der Waals surface area (Å²) >= 11 is 0. The number of unbranched alkanes of at least 4 members (excludes halogenated alkanes) is 3. The lowest BCUT2D eigenvalue weighted by atomic mass is 10.1. The fourth-order valence-electron chi connectivity index (χ4n) is 3.59. The highest BCUT2D eigenvalue weighted by atomic mass is 35.5. The maximum absolute atomic E-state index is 13.3. The Kier molecular flexibility index (Phi) is 10.7. The zero-order valence-electron chi connectivity index (χ0n) is 15.1. The first-order valence-corrected chi connectivity index (χ1v) is 9.44. The number of carbonyl (C=O) groups is 1. The van der Waals surface area contributed by atoms with E-state index in [1.165, 1.54) is 18.9 Å². The highest BCUT2D eigenvalue weighted by Gasteiger charge is 2.25. The second-order valence-corrected chi connectivity index (χ2v) is 6.86. The molecule has 0 aliphatic heterocycles. The molecule has 5 heteroatoms. The van der Waals surface area contributed by atoms with E-state index in [0.29, 0.717) is 19.0 Å². The summed E-state index contributed by atoms with van der Waals surface area (Å²) in [5.41, 5.74) is 6.47. The summed E-state index contributed by atoms with van der Waals surface area (Å²) in [5.74, 6) is 0.0669. The molecule has 0 heterocycles. The van der Waals surface area contributed by atoms with Gasteiger partial charge in [0.1, 0.15) is 5.82 Å². The Morgan fingerprint density at radius 1 is 1.16 bits per heavy atom. The van der Waals surface area contributed by atoms with Crippen LogP contribution in [0.5, 0.6) is 0 Å². The van der Waals surface area contributed by atoms with Crippen LogP contribution in [0.4, 0.5) is 4.39 Å². The second kappa shape index (κ2) is 12.3. The van der Waals surface area contributed by atoms with E-state index in [1.807, 2.05) is 6.07 Å². The third kappa shape index (κ3) is 7.74. The Hall–Kier alpha value is -1.13. The molecule has 1 aromatic rings. The molecule has 1 saturated carbocycles. The Balaban J connectivity index is 0.00000312. The number of hydrogen-bond donors (Lipinski definition) is 1. The van der Waals surface area contributed by atoms with Crippen LogP contribution in [0.2, 0.25) is 0 Å². The summed E-state index contributed by atoms with van der Waals surface area (Å²) in [5, 5.41) is 0. The maximum Gasteiger partial charge on any atom is 0.222 e. The predicted octanol–water partition coefficient (Wildman–Crippen LogP) is 4.47. The fourth-order valence-corrected chi connectivity index (χ4v) is 3.59. The monoisotopic (exact) mass is 370 g/mol. The molecule has 2 rings (SSSR count). The zero-order chi connectivity index (χ0) is 17.2. The van der Waals surface area contributed by atoms with E-state index < -0.39 is 0 Å². The van der Waals surface area contributed by atoms with Crippen LogP contribution in [0.1, 0.15) is 63.4 Å². The van der Waals surface area contributed by atoms with Gasteiger partial charge in [-0.3, -0.25) is 4.79 Å². The Morgan fingerprint density at radius 2 is 1.88 bits per heavy atom. The van der Waals surface area contributed by atoms with Crippen molar-refractivity contribution in [1.29, 1.82) is 0 Å². The summed E-state index contributed by atoms with van der Waals surface area (Å²) in [6.45, 7) is 1.44. The van der Waals surface area contributed by atoms with E-state index in [-0.39, 0.29) is 24.1 Å². The van der Waals surface area contributed by atoms with Crippen molar-refractivity contribution in [2.24, 2.45) is 5.73 Å². The molecule has 1 amide bonds. The van der Waals surface area contributed by atoms with Gasteiger partial charge in [-0.2, -0.15) is 0 Å². The molecule has 1 aromatic carbocycles. The summed E-state index contributed by atoms with van der Waals surface area (Å²) in [6, 6.07) is 7.10. The average Bonchev–Trinajstić information content (AvgIpc) is 3.09. The first kappa shape index (κ1) is 21.9. The van der Waals surface area contributed by atoms with E-state index in [9.17, 15) is 9.18 Å². The van der Waals surface area contributed by atoms with Gasteiger partial charge in [0.05, 0.1) is 0 Å². The van der Waals surface area contributed by atoms with Crippen molar-refractivity contribution < 1.29 is 9.18 Å². The van der Waals surface area contributed by atoms with E-state index in [2.05, 4.69) is 4.90 Å². The quantitative estimate of drug-likeness (QED) is 0.617. The van der Waals surface area contributed by atoms with Crippen LogP contribution in [0.25, 0.3) is 0 Å². The van der Waals surface area contributed by atoms with Crippen LogP contribution in [-0.2, 0) is 11.2 Å². The smallest absolute Gasteiger partial charge is 0.222 e. The molecule has 0 unspecified atom stereocenters. The average molecular weight is 371 g/mol. The maximum atomic E-state index is 13.3. The summed E-state index contributed by atoms with van der Waals surface area (Å²) in [4.78, 5) is 14.7. The van der Waals surface area contributed by atoms with Crippen LogP contribution < -0.4 is 5.73 Å². The molecule has 2 N–H and O–H groups in total. The number of benzene rings is 1. The third-order valence-corrected chi connectivity index (χ3v) is 4.96. The van der Waals surface area contributed by atoms with Gasteiger partial charge in [-0.05, 0) is 56.3 Å². The molecule has 0 radical (unpaired) electrons. The van der Waals surface area contributed by atoms with Gasteiger partial charge >= 0.3 is 0 Å². The fraction of sp³-hybridized carbons (Fsp3) is 0.650. The molecule has 0 aromatic heterocycles. The van der Waals surface area contributed by atoms with Crippen molar-refractivity contribution in [1.82, 2.24) is 4.90 Å². The minimum Gasteiger partial charge on any atom is -0.339 e. The highest BCUT2D eigenvalue weighted by Crippen LogP contribution is 2.25. The highest BCUT2D eigenvalue weighted by molar-refractivity contribution is 5.85. The number of hydrogen-bond acceptors (Lipinski definition) is 2. The first-order valence-electron chi connectivity index (χ1n) is 9.44. The Bertz CT molecular complexity index is 506. The normalized spacial score (nSPS) is 14.3. The van der Waals surface area contributed by atoms with Crippen molar-refractivity contribution in [3.8, 4) is 0 Å². The summed E-state index contributed by atoms with van der Waals surface area (Å²) < 4.78 is 13.3. The van der Waals surface area contributed by atoms with Gasteiger partial charge in [-0.1, -0.05) is 37.8 Å². The van der Waals surface area contributed by atoms with E-state index in [0.717, 1.165) is 57.1 Å². The van der Waals surface area contributed by atoms with E-state index in [1.54, 1.807) is 12.1 Å². The van der Waals surface area contributed by atoms with Gasteiger partial charge in [0.15, 0.2) is 0 Å². The lowest BCUT2D eigenvalue weighted by Gasteiger charge is -2.29. The van der Waals surface area contributed by atoms with Crippen molar-refractivity contribution in [2.75, 3.05) is 13.1 Å². The molecule has 1 aliphatic rings. The van der Waals surface area contributed by atoms with Gasteiger partial charge in [-0.25, -0.2) is 4.39 Å². The van der Waals surface area contributed by atoms with Crippen LogP contribution in [-0.4, -0.2) is 29.9 Å². The third-order valence-electron chi connectivity index (χ3n) is 4.96. The van der Waals surface area contributed by atoms with Crippen LogP contribution in [0, 0.1) is 5.82 Å². The second-order valence-electron chi connectivity index (χ2n) is 6.86. The van der Waals surface area contributed by atoms with Gasteiger partial charge in [0.25, 0.3) is 0 Å². The number of carbonyl (C=O) groups excluding carboxylic acids is 1. The number of amides is 1. The first-order chi connectivity index (χ1) is 11.7. The lowest BCUT2D eigenvalue weighted by Crippen LogP contribution is -2.40. The molecule has 0 saturated heterocycles. The molecule has 3 nitrogen and oxygen atoms in total. The van der Waals surface area contributed by atoms with Crippen molar-refractivity contribution in [3.63, 3.8) is 0 Å². The molecule has 0 bridgehead atoms. The van der Waals surface area contributed by atoms with E-state index >= 15 is 0 Å². The van der Waals surface area contributed by atoms with Crippen molar-refractivity contribution >= 4 is 18.3 Å². The zero-order valence-corrected chi connectivity index (χ0v) is 15.9. The van der Waals surface area contributed by atoms with Gasteiger partial charge in [-0.15, -0.1) is 12.4 Å². The standard InChI is InChI=1S/C20H31FN2O.ClH/c21-18-9-7-8-17(16-18)13-15-23(19-10-4-5-11-19)20(24)12-3-1-2-6-14-22;/h7-9,16,19H,1-6,10-15,22H2;1H. The molecule has 25 heavy (non-hydrogen) atoms. The van der Waals surface area contributed by atoms with Crippen LogP contribution >= 0.6 is 12.4 Å². The van der Waals surface area contributed by atoms with Crippen LogP contribution in [0.3, 0.4) is 0 Å². The van der Waals surface area contributed by atoms with Gasteiger partial charge in [0.2, 0.25) is 5.91 Å². The topological polar surface area (TPSA) is 46.3 Å². The Labute approximate surface area is 157 Å². The number of nitrogens with zero attached hydrogens (tertiary/aromatic N) is 1. The predicted molar refractivity (Wildman–Crippen MR) is 103 cm³/mol. The molecule has 0 spiro atoms. The van der Waals surface area contributed by atoms with Gasteiger partial charge in [0, 0.05) is 19.0 Å². The minimum atomic E-state index is -0.203. The van der Waals surface area contributed by atoms with E-state index in [4.69, 9.17) is 5.73 Å². The number of nitrogens with two attached hydrogens (primary N) is 1. The molecule has 1 fully saturated rings. The molecule has 0 atom stereocenters. The largest absolute Gasteiger partial charge is 0.339 e. The molecule has 1 aliphatic carbocycles. The summed E-state index contributed by atoms with van der Waals surface area (Å²) in [7, 11) is 0. The SMILES string of the molecule is Cl.NCCCCCCC(=O)N(CCc1cccc(F)c1)C1CCCC1. The number of halogens is 2. The number of rotatable bonds is 10. The summed E-state index contributed by atoms with van der Waals surface area (Å²) in [6.07, 6.45) is 10.2. The lowest BCUT2D eigenvalue weighted by molar-refractivity contribution is -0.133. The van der Waals surface area contributed by atoms with Crippen molar-refractivity contribution in [3.05, 3.63) is 35.6 Å².